The molecule has 0 aliphatic rings. The zero-order chi connectivity index (χ0) is 5.91. The molecule has 0 amide bonds. The van der Waals surface area contributed by atoms with E-state index in [9.17, 15) is 4.53 Å². The van der Waals surface area contributed by atoms with E-state index in [1.54, 1.807) is 0 Å². The van der Waals surface area contributed by atoms with Crippen LogP contribution < -0.4 is 0 Å². The highest BCUT2D eigenvalue weighted by atomic mass is 19.3. The normalized spacial score (nSPS) is 12.0. The average Bonchev–Trinajstić information content (AvgIpc) is 1.68. The predicted molar refractivity (Wildman–Crippen MR) is 23.3 cm³/mol. The highest BCUT2D eigenvalue weighted by molar-refractivity contribution is 4.45. The average molecular weight is 108 g/mol. The fourth-order valence-electron chi connectivity index (χ4n) is 0.0315. The lowest BCUT2D eigenvalue weighted by Gasteiger charge is -2.14. The minimum atomic E-state index is -1.08. The summed E-state index contributed by atoms with van der Waals surface area (Å²) in [4.78, 5) is 3.36. The first kappa shape index (κ1) is 6.85. The number of hydrogen-bond acceptors (Lipinski definition) is 2. The molecular weight excluding hydrogens is 99.0 g/mol. The van der Waals surface area contributed by atoms with Gasteiger partial charge in [-0.1, -0.05) is 0 Å². The Morgan fingerprint density at radius 1 is 1.43 bits per heavy atom. The van der Waals surface area contributed by atoms with Crippen molar-refractivity contribution in [3.63, 3.8) is 0 Å². The van der Waals surface area contributed by atoms with Gasteiger partial charge in [0, 0.05) is 7.11 Å². The lowest BCUT2D eigenvalue weighted by molar-refractivity contribution is -0.320. The first-order valence-electron chi connectivity index (χ1n) is 1.97. The summed E-state index contributed by atoms with van der Waals surface area (Å²) in [6, 6.07) is 0. The molecule has 0 aromatic rings. The number of halogens is 1. The number of methoxy groups -OCH3 is 1. The van der Waals surface area contributed by atoms with E-state index in [4.69, 9.17) is 0 Å². The molecular formula is C4H9FO2. The van der Waals surface area contributed by atoms with Gasteiger partial charge in [0.1, 0.15) is 0 Å². The maximum Gasteiger partial charge on any atom is 0.201 e. The fraction of sp³-hybridized carbons (Fsp3) is 1.00. The summed E-state index contributed by atoms with van der Waals surface area (Å²) < 4.78 is 15.6. The summed E-state index contributed by atoms with van der Waals surface area (Å²) in [6.07, 6.45) is 0. The Kier molecular flexibility index (Phi) is 2.19. The highest BCUT2D eigenvalue weighted by Crippen LogP contribution is 2.07. The fourth-order valence-corrected chi connectivity index (χ4v) is 0.0315. The second kappa shape index (κ2) is 2.23. The van der Waals surface area contributed by atoms with Crippen molar-refractivity contribution in [1.82, 2.24) is 0 Å². The van der Waals surface area contributed by atoms with E-state index in [1.807, 2.05) is 0 Å². The van der Waals surface area contributed by atoms with E-state index >= 15 is 0 Å². The molecule has 0 saturated heterocycles. The minimum absolute atomic E-state index is 1.08. The first-order chi connectivity index (χ1) is 3.12. The number of ether oxygens (including phenoxy) is 1. The van der Waals surface area contributed by atoms with Crippen LogP contribution in [-0.4, -0.2) is 12.9 Å². The van der Waals surface area contributed by atoms with Gasteiger partial charge in [-0.25, -0.2) is 0 Å². The largest absolute Gasteiger partial charge is 0.351 e. The van der Waals surface area contributed by atoms with Gasteiger partial charge < -0.3 is 4.74 Å². The van der Waals surface area contributed by atoms with Crippen molar-refractivity contribution in [3.8, 4) is 0 Å². The van der Waals surface area contributed by atoms with Gasteiger partial charge in [-0.2, -0.15) is 4.94 Å². The molecule has 0 rings (SSSR count). The maximum absolute atomic E-state index is 11.1. The van der Waals surface area contributed by atoms with Crippen molar-refractivity contribution >= 4 is 0 Å². The van der Waals surface area contributed by atoms with Crippen LogP contribution in [0.3, 0.4) is 0 Å². The van der Waals surface area contributed by atoms with Gasteiger partial charge in [-0.15, -0.1) is 0 Å². The van der Waals surface area contributed by atoms with Gasteiger partial charge >= 0.3 is 0 Å². The molecule has 44 valence electrons. The van der Waals surface area contributed by atoms with E-state index in [2.05, 4.69) is 9.68 Å². The Morgan fingerprint density at radius 2 is 1.86 bits per heavy atom. The van der Waals surface area contributed by atoms with Gasteiger partial charge in [0.15, 0.2) is 0 Å². The van der Waals surface area contributed by atoms with Crippen LogP contribution in [0.4, 0.5) is 4.53 Å². The van der Waals surface area contributed by atoms with Crippen LogP contribution in [0.25, 0.3) is 0 Å². The quantitative estimate of drug-likeness (QED) is 0.496. The Bertz CT molecular complexity index is 47.7. The van der Waals surface area contributed by atoms with Gasteiger partial charge in [0.2, 0.25) is 5.79 Å². The molecule has 2 nitrogen and oxygen atoms in total. The molecule has 0 heterocycles. The molecule has 0 N–H and O–H groups in total. The van der Waals surface area contributed by atoms with E-state index in [1.165, 1.54) is 21.0 Å². The van der Waals surface area contributed by atoms with Gasteiger partial charge in [-0.3, -0.25) is 0 Å². The molecule has 0 aliphatic heterocycles. The van der Waals surface area contributed by atoms with E-state index in [0.717, 1.165) is 0 Å². The zero-order valence-electron chi connectivity index (χ0n) is 4.69. The van der Waals surface area contributed by atoms with Crippen LogP contribution in [-0.2, 0) is 9.68 Å². The molecule has 7 heavy (non-hydrogen) atoms. The second-order valence-electron chi connectivity index (χ2n) is 1.68. The smallest absolute Gasteiger partial charge is 0.201 e. The summed E-state index contributed by atoms with van der Waals surface area (Å²) in [5, 5.41) is 0. The van der Waals surface area contributed by atoms with E-state index in [0.29, 0.717) is 0 Å². The maximum atomic E-state index is 11.1. The first-order valence-corrected chi connectivity index (χ1v) is 1.97. The predicted octanol–water partition coefficient (Wildman–Crippen LogP) is 1.27. The third-order valence-corrected chi connectivity index (χ3v) is 0.677. The summed E-state index contributed by atoms with van der Waals surface area (Å²) in [6.45, 7) is 2.96. The molecule has 0 radical (unpaired) electrons. The lowest BCUT2D eigenvalue weighted by atomic mass is 10.4. The molecule has 3 heteroatoms. The summed E-state index contributed by atoms with van der Waals surface area (Å²) >= 11 is 0. The topological polar surface area (TPSA) is 18.5 Å². The van der Waals surface area contributed by atoms with Crippen LogP contribution >= 0.6 is 0 Å². The third-order valence-electron chi connectivity index (χ3n) is 0.677. The highest BCUT2D eigenvalue weighted by Gasteiger charge is 2.16. The van der Waals surface area contributed by atoms with E-state index in [-0.39, 0.29) is 0 Å². The van der Waals surface area contributed by atoms with Gasteiger partial charge in [-0.05, 0) is 18.4 Å². The number of hydrogen-bond donors (Lipinski definition) is 0. The summed E-state index contributed by atoms with van der Waals surface area (Å²) in [5.74, 6) is -1.08. The molecule has 0 spiro atoms. The van der Waals surface area contributed by atoms with Crippen LogP contribution in [0.2, 0.25) is 0 Å². The standard InChI is InChI=1S/C4H9FO2/c1-4(2,6-3)7-5/h1-3H3. The Hall–Kier alpha value is -0.150. The van der Waals surface area contributed by atoms with Crippen molar-refractivity contribution in [3.05, 3.63) is 0 Å². The Balaban J connectivity index is 3.36. The van der Waals surface area contributed by atoms with Gasteiger partial charge in [0.25, 0.3) is 0 Å². The van der Waals surface area contributed by atoms with E-state index < -0.39 is 5.79 Å². The monoisotopic (exact) mass is 108 g/mol. The van der Waals surface area contributed by atoms with Crippen molar-refractivity contribution < 1.29 is 14.2 Å². The van der Waals surface area contributed by atoms with Crippen LogP contribution in [0.5, 0.6) is 0 Å². The summed E-state index contributed by atoms with van der Waals surface area (Å²) in [5.41, 5.74) is 0. The van der Waals surface area contributed by atoms with Crippen molar-refractivity contribution in [2.45, 2.75) is 19.6 Å². The van der Waals surface area contributed by atoms with Crippen LogP contribution in [0.15, 0.2) is 0 Å². The zero-order valence-corrected chi connectivity index (χ0v) is 4.69. The molecule has 0 aliphatic carbocycles. The second-order valence-corrected chi connectivity index (χ2v) is 1.68. The summed E-state index contributed by atoms with van der Waals surface area (Å²) in [7, 11) is 1.37. The molecule has 0 aromatic carbocycles. The molecule has 0 unspecified atom stereocenters. The van der Waals surface area contributed by atoms with Crippen LogP contribution in [0, 0.1) is 0 Å². The number of rotatable bonds is 2. The Morgan fingerprint density at radius 3 is 1.86 bits per heavy atom. The van der Waals surface area contributed by atoms with Crippen molar-refractivity contribution in [2.24, 2.45) is 0 Å². The van der Waals surface area contributed by atoms with Crippen LogP contribution in [0.1, 0.15) is 13.8 Å². The molecule has 0 fully saturated rings. The minimum Gasteiger partial charge on any atom is -0.351 e. The third kappa shape index (κ3) is 2.53. The molecule has 0 atom stereocenters. The lowest BCUT2D eigenvalue weighted by Crippen LogP contribution is -2.22. The van der Waals surface area contributed by atoms with Crippen molar-refractivity contribution in [1.29, 1.82) is 0 Å². The molecule has 0 saturated carbocycles. The molecule has 0 aromatic heterocycles. The SMILES string of the molecule is COC(C)(C)OF. The van der Waals surface area contributed by atoms with Crippen molar-refractivity contribution in [2.75, 3.05) is 7.11 Å². The Labute approximate surface area is 42.1 Å². The molecule has 0 bridgehead atoms. The van der Waals surface area contributed by atoms with Gasteiger partial charge in [0.05, 0.1) is 0 Å².